The van der Waals surface area contributed by atoms with Gasteiger partial charge in [0.25, 0.3) is 9.05 Å². The second-order valence-electron chi connectivity index (χ2n) is 4.04. The number of pyridine rings is 1. The van der Waals surface area contributed by atoms with Gasteiger partial charge in [-0.3, -0.25) is 4.98 Å². The van der Waals surface area contributed by atoms with Crippen molar-refractivity contribution in [2.24, 2.45) is 0 Å². The molecule has 2 aromatic heterocycles. The molecule has 3 rings (SSSR count). The molecule has 3 aromatic rings. The second-order valence-corrected chi connectivity index (χ2v) is 6.57. The van der Waals surface area contributed by atoms with Crippen molar-refractivity contribution < 1.29 is 17.7 Å². The monoisotopic (exact) mass is 325 g/mol. The van der Waals surface area contributed by atoms with Crippen molar-refractivity contribution in [2.45, 2.75) is 11.5 Å². The number of rotatable bonds is 4. The fourth-order valence-electron chi connectivity index (χ4n) is 1.85. The van der Waals surface area contributed by atoms with Gasteiger partial charge in [0.15, 0.2) is 6.61 Å². The molecule has 0 aliphatic heterocycles. The summed E-state index contributed by atoms with van der Waals surface area (Å²) >= 11 is 0. The molecule has 1 aromatic carbocycles. The molecule has 0 amide bonds. The largest absolute Gasteiger partial charge is 0.483 e. The third-order valence-corrected chi connectivity index (χ3v) is 4.10. The number of hydrogen-bond donors (Lipinski definition) is 0. The van der Waals surface area contributed by atoms with Crippen molar-refractivity contribution in [3.8, 4) is 5.75 Å². The Morgan fingerprint density at radius 1 is 1.24 bits per heavy atom. The van der Waals surface area contributed by atoms with E-state index < -0.39 is 9.05 Å². The highest BCUT2D eigenvalue weighted by Crippen LogP contribution is 2.31. The molecular formula is C12H8ClN3O4S. The Morgan fingerprint density at radius 3 is 2.81 bits per heavy atom. The standard InChI is InChI=1S/C12H8ClN3O4S/c13-21(17,18)10-4-3-9(12-8(10)2-1-5-14-12)19-6-11-15-7-20-16-11/h1-5,7H,6H2. The maximum atomic E-state index is 11.6. The van der Waals surface area contributed by atoms with Crippen molar-refractivity contribution in [1.29, 1.82) is 0 Å². The number of hydrogen-bond acceptors (Lipinski definition) is 7. The van der Waals surface area contributed by atoms with Crippen LogP contribution in [0.25, 0.3) is 10.9 Å². The number of aromatic nitrogens is 3. The number of nitrogens with zero attached hydrogens (tertiary/aromatic N) is 3. The zero-order valence-electron chi connectivity index (χ0n) is 10.4. The van der Waals surface area contributed by atoms with Gasteiger partial charge >= 0.3 is 0 Å². The first-order valence-corrected chi connectivity index (χ1v) is 8.07. The van der Waals surface area contributed by atoms with Crippen LogP contribution in [-0.2, 0) is 15.7 Å². The maximum absolute atomic E-state index is 11.6. The molecule has 2 heterocycles. The normalized spacial score (nSPS) is 11.7. The number of ether oxygens (including phenoxy) is 1. The topological polar surface area (TPSA) is 95.2 Å². The molecule has 0 unspecified atom stereocenters. The van der Waals surface area contributed by atoms with Crippen LogP contribution in [0.15, 0.2) is 46.3 Å². The summed E-state index contributed by atoms with van der Waals surface area (Å²) in [6.45, 7) is 0.0785. The predicted molar refractivity (Wildman–Crippen MR) is 73.4 cm³/mol. The van der Waals surface area contributed by atoms with Crippen molar-refractivity contribution in [3.05, 3.63) is 42.7 Å². The quantitative estimate of drug-likeness (QED) is 0.678. The molecule has 0 radical (unpaired) electrons. The number of halogens is 1. The van der Waals surface area contributed by atoms with E-state index in [0.29, 0.717) is 22.5 Å². The van der Waals surface area contributed by atoms with Gasteiger partial charge in [0.2, 0.25) is 12.2 Å². The van der Waals surface area contributed by atoms with E-state index in [1.807, 2.05) is 0 Å². The zero-order valence-corrected chi connectivity index (χ0v) is 12.0. The molecule has 21 heavy (non-hydrogen) atoms. The van der Waals surface area contributed by atoms with Crippen molar-refractivity contribution >= 4 is 30.6 Å². The van der Waals surface area contributed by atoms with Crippen LogP contribution in [0.1, 0.15) is 5.82 Å². The van der Waals surface area contributed by atoms with E-state index in [0.717, 1.165) is 0 Å². The Labute approximate surface area is 123 Å². The number of fused-ring (bicyclic) bond motifs is 1. The van der Waals surface area contributed by atoms with E-state index in [-0.39, 0.29) is 11.5 Å². The Hall–Kier alpha value is -2.19. The van der Waals surface area contributed by atoms with Crippen LogP contribution in [0.2, 0.25) is 0 Å². The first-order valence-electron chi connectivity index (χ1n) is 5.76. The minimum Gasteiger partial charge on any atom is -0.483 e. The summed E-state index contributed by atoms with van der Waals surface area (Å²) in [6.07, 6.45) is 2.73. The average molecular weight is 326 g/mol. The Bertz CT molecular complexity index is 881. The van der Waals surface area contributed by atoms with Crippen molar-refractivity contribution in [1.82, 2.24) is 15.1 Å². The van der Waals surface area contributed by atoms with E-state index >= 15 is 0 Å². The molecule has 0 fully saturated rings. The van der Waals surface area contributed by atoms with Crippen molar-refractivity contribution in [3.63, 3.8) is 0 Å². The van der Waals surface area contributed by atoms with Gasteiger partial charge in [-0.25, -0.2) is 8.42 Å². The Kier molecular flexibility index (Phi) is 3.48. The highest BCUT2D eigenvalue weighted by atomic mass is 35.7. The molecule has 7 nitrogen and oxygen atoms in total. The SMILES string of the molecule is O=S(=O)(Cl)c1ccc(OCc2ncon2)c2ncccc12. The molecular weight excluding hydrogens is 318 g/mol. The lowest BCUT2D eigenvalue weighted by Crippen LogP contribution is -2.00. The summed E-state index contributed by atoms with van der Waals surface area (Å²) in [4.78, 5) is 7.96. The maximum Gasteiger partial charge on any atom is 0.261 e. The van der Waals surface area contributed by atoms with Gasteiger partial charge < -0.3 is 9.26 Å². The van der Waals surface area contributed by atoms with Crippen LogP contribution in [0.5, 0.6) is 5.75 Å². The summed E-state index contributed by atoms with van der Waals surface area (Å²) in [7, 11) is 1.55. The summed E-state index contributed by atoms with van der Waals surface area (Å²) in [6, 6.07) is 6.10. The van der Waals surface area contributed by atoms with E-state index in [4.69, 9.17) is 15.4 Å². The molecule has 0 aliphatic carbocycles. The van der Waals surface area contributed by atoms with E-state index in [1.54, 1.807) is 12.1 Å². The van der Waals surface area contributed by atoms with Crippen LogP contribution in [0, 0.1) is 0 Å². The van der Waals surface area contributed by atoms with Crippen LogP contribution >= 0.6 is 10.7 Å². The van der Waals surface area contributed by atoms with Gasteiger partial charge in [-0.2, -0.15) is 4.98 Å². The van der Waals surface area contributed by atoms with Crippen LogP contribution in [0.3, 0.4) is 0 Å². The highest BCUT2D eigenvalue weighted by molar-refractivity contribution is 8.14. The summed E-state index contributed by atoms with van der Waals surface area (Å²) in [5, 5.41) is 4.01. The first kappa shape index (κ1) is 13.8. The minimum absolute atomic E-state index is 0.0147. The molecule has 0 saturated carbocycles. The molecule has 0 aliphatic rings. The van der Waals surface area contributed by atoms with Gasteiger partial charge in [0, 0.05) is 22.3 Å². The van der Waals surface area contributed by atoms with Gasteiger partial charge in [-0.05, 0) is 24.3 Å². The molecule has 108 valence electrons. The molecule has 9 heteroatoms. The highest BCUT2D eigenvalue weighted by Gasteiger charge is 2.17. The summed E-state index contributed by atoms with van der Waals surface area (Å²) in [5.41, 5.74) is 0.391. The lowest BCUT2D eigenvalue weighted by atomic mass is 10.2. The van der Waals surface area contributed by atoms with Crippen molar-refractivity contribution in [2.75, 3.05) is 0 Å². The molecule has 0 spiro atoms. The third kappa shape index (κ3) is 2.81. The predicted octanol–water partition coefficient (Wildman–Crippen LogP) is 2.12. The minimum atomic E-state index is -3.87. The molecule has 0 N–H and O–H groups in total. The number of benzene rings is 1. The first-order chi connectivity index (χ1) is 10.1. The van der Waals surface area contributed by atoms with E-state index in [2.05, 4.69) is 19.6 Å². The third-order valence-electron chi connectivity index (χ3n) is 2.72. The Morgan fingerprint density at radius 2 is 2.10 bits per heavy atom. The van der Waals surface area contributed by atoms with Gasteiger partial charge in [0.1, 0.15) is 11.3 Å². The van der Waals surface area contributed by atoms with E-state index in [9.17, 15) is 8.42 Å². The molecule has 0 saturated heterocycles. The zero-order chi connectivity index (χ0) is 14.9. The van der Waals surface area contributed by atoms with Gasteiger partial charge in [0.05, 0.1) is 4.90 Å². The fraction of sp³-hybridized carbons (Fsp3) is 0.0833. The van der Waals surface area contributed by atoms with E-state index in [1.165, 1.54) is 24.7 Å². The average Bonchev–Trinajstić information content (AvgIpc) is 2.96. The van der Waals surface area contributed by atoms with Gasteiger partial charge in [-0.1, -0.05) is 5.16 Å². The lowest BCUT2D eigenvalue weighted by Gasteiger charge is -2.09. The van der Waals surface area contributed by atoms with Crippen LogP contribution < -0.4 is 4.74 Å². The van der Waals surface area contributed by atoms with Gasteiger partial charge in [-0.15, -0.1) is 0 Å². The second kappa shape index (κ2) is 5.30. The van der Waals surface area contributed by atoms with Crippen LogP contribution in [-0.4, -0.2) is 23.5 Å². The molecule has 0 bridgehead atoms. The fourth-order valence-corrected chi connectivity index (χ4v) is 2.91. The lowest BCUT2D eigenvalue weighted by molar-refractivity contribution is 0.289. The summed E-state index contributed by atoms with van der Waals surface area (Å²) < 4.78 is 33.3. The summed E-state index contributed by atoms with van der Waals surface area (Å²) in [5.74, 6) is 0.771. The smallest absolute Gasteiger partial charge is 0.261 e. The molecule has 0 atom stereocenters. The Balaban J connectivity index is 2.05. The van der Waals surface area contributed by atoms with Crippen LogP contribution in [0.4, 0.5) is 0 Å².